The van der Waals surface area contributed by atoms with Gasteiger partial charge in [-0.15, -0.1) is 10.2 Å². The summed E-state index contributed by atoms with van der Waals surface area (Å²) in [5.74, 6) is -0.0383. The second kappa shape index (κ2) is 10.5. The van der Waals surface area contributed by atoms with E-state index in [0.717, 1.165) is 16.8 Å². The Bertz CT molecular complexity index is 1300. The number of carbonyl (C=O) groups is 1. The molecule has 0 spiro atoms. The van der Waals surface area contributed by atoms with E-state index < -0.39 is 24.9 Å². The van der Waals surface area contributed by atoms with E-state index in [1.807, 2.05) is 40.9 Å². The molecule has 4 aromatic rings. The summed E-state index contributed by atoms with van der Waals surface area (Å²) in [5.41, 5.74) is 4.15. The summed E-state index contributed by atoms with van der Waals surface area (Å²) >= 11 is 0. The lowest BCUT2D eigenvalue weighted by molar-refractivity contribution is -0.142. The molecular formula is C24H23F3N6O2. The predicted octanol–water partition coefficient (Wildman–Crippen LogP) is 4.80. The number of hydrogen-bond donors (Lipinski definition) is 2. The van der Waals surface area contributed by atoms with E-state index in [2.05, 4.69) is 25.8 Å². The van der Waals surface area contributed by atoms with Gasteiger partial charge in [-0.25, -0.2) is 4.98 Å². The Morgan fingerprint density at radius 2 is 1.94 bits per heavy atom. The van der Waals surface area contributed by atoms with E-state index in [9.17, 15) is 18.0 Å². The number of methoxy groups -OCH3 is 1. The number of rotatable bonds is 9. The number of nitrogens with one attached hydrogen (secondary N) is 2. The summed E-state index contributed by atoms with van der Waals surface area (Å²) in [6.07, 6.45) is -2.61. The maximum atomic E-state index is 12.4. The van der Waals surface area contributed by atoms with Gasteiger partial charge in [-0.3, -0.25) is 9.20 Å². The number of carbonyl (C=O) groups excluding carboxylic acids is 1. The van der Waals surface area contributed by atoms with Gasteiger partial charge in [0.05, 0.1) is 30.6 Å². The molecule has 182 valence electrons. The molecule has 3 aromatic heterocycles. The first kappa shape index (κ1) is 24.1. The number of nitrogens with zero attached hydrogens (tertiary/aromatic N) is 4. The number of pyridine rings is 1. The number of alkyl halides is 3. The highest BCUT2D eigenvalue weighted by Crippen LogP contribution is 2.27. The molecule has 0 bridgehead atoms. The highest BCUT2D eigenvalue weighted by atomic mass is 19.4. The van der Waals surface area contributed by atoms with Crippen molar-refractivity contribution in [2.45, 2.75) is 19.0 Å². The number of aromatic nitrogens is 4. The van der Waals surface area contributed by atoms with E-state index in [4.69, 9.17) is 4.74 Å². The van der Waals surface area contributed by atoms with Crippen LogP contribution in [0.1, 0.15) is 12.8 Å². The van der Waals surface area contributed by atoms with E-state index >= 15 is 0 Å². The number of amides is 1. The summed E-state index contributed by atoms with van der Waals surface area (Å²) in [5, 5.41) is 14.1. The van der Waals surface area contributed by atoms with Crippen molar-refractivity contribution in [1.82, 2.24) is 19.6 Å². The second-order valence-corrected chi connectivity index (χ2v) is 7.75. The van der Waals surface area contributed by atoms with Crippen LogP contribution >= 0.6 is 0 Å². The van der Waals surface area contributed by atoms with Crippen molar-refractivity contribution in [1.29, 1.82) is 0 Å². The average molecular weight is 484 g/mol. The van der Waals surface area contributed by atoms with Crippen LogP contribution in [0.25, 0.3) is 28.2 Å². The molecular weight excluding hydrogens is 461 g/mol. The average Bonchev–Trinajstić information content (AvgIpc) is 3.26. The van der Waals surface area contributed by atoms with Gasteiger partial charge in [0.2, 0.25) is 5.91 Å². The van der Waals surface area contributed by atoms with Gasteiger partial charge in [-0.05, 0) is 36.4 Å². The topological polar surface area (TPSA) is 93.4 Å². The van der Waals surface area contributed by atoms with Crippen LogP contribution in [-0.2, 0) is 9.53 Å². The molecule has 0 aliphatic rings. The molecule has 0 fully saturated rings. The fraction of sp³-hybridized carbons (Fsp3) is 0.250. The molecule has 1 aromatic carbocycles. The largest absolute Gasteiger partial charge is 0.389 e. The predicted molar refractivity (Wildman–Crippen MR) is 126 cm³/mol. The van der Waals surface area contributed by atoms with Crippen molar-refractivity contribution >= 4 is 23.1 Å². The van der Waals surface area contributed by atoms with Crippen molar-refractivity contribution in [3.8, 4) is 22.5 Å². The highest BCUT2D eigenvalue weighted by Gasteiger charge is 2.27. The molecule has 0 aliphatic heterocycles. The fourth-order valence-corrected chi connectivity index (χ4v) is 3.45. The van der Waals surface area contributed by atoms with Crippen molar-refractivity contribution < 1.29 is 22.7 Å². The molecule has 0 unspecified atom stereocenters. The molecule has 35 heavy (non-hydrogen) atoms. The first-order chi connectivity index (χ1) is 16.8. The van der Waals surface area contributed by atoms with E-state index in [1.165, 1.54) is 0 Å². The third-order valence-electron chi connectivity index (χ3n) is 5.16. The minimum Gasteiger partial charge on any atom is -0.383 e. The Labute approximate surface area is 199 Å². The number of fused-ring (bicyclic) bond motifs is 1. The maximum absolute atomic E-state index is 12.4. The van der Waals surface area contributed by atoms with Gasteiger partial charge < -0.3 is 15.4 Å². The van der Waals surface area contributed by atoms with Crippen LogP contribution in [0.5, 0.6) is 0 Å². The minimum atomic E-state index is -4.37. The zero-order valence-electron chi connectivity index (χ0n) is 18.8. The Balaban J connectivity index is 1.50. The summed E-state index contributed by atoms with van der Waals surface area (Å²) in [6, 6.07) is 14.4. The Morgan fingerprint density at radius 3 is 2.69 bits per heavy atom. The fourth-order valence-electron chi connectivity index (χ4n) is 3.45. The van der Waals surface area contributed by atoms with Gasteiger partial charge in [0.25, 0.3) is 0 Å². The SMILES string of the molecule is COCCNc1ccc(-c2ccn3c(-c4cccc(NC(=O)CCC(F)(F)F)c4)cnc3c2)nn1. The molecule has 8 nitrogen and oxygen atoms in total. The van der Waals surface area contributed by atoms with Crippen molar-refractivity contribution in [3.05, 3.63) is 60.9 Å². The number of ether oxygens (including phenoxy) is 1. The van der Waals surface area contributed by atoms with Gasteiger partial charge >= 0.3 is 6.18 Å². The van der Waals surface area contributed by atoms with Gasteiger partial charge in [-0.1, -0.05) is 12.1 Å². The van der Waals surface area contributed by atoms with Crippen LogP contribution in [-0.4, -0.2) is 51.9 Å². The number of anilines is 2. The lowest BCUT2D eigenvalue weighted by atomic mass is 10.1. The smallest absolute Gasteiger partial charge is 0.383 e. The molecule has 0 saturated carbocycles. The molecule has 4 rings (SSSR count). The molecule has 0 atom stereocenters. The number of halogens is 3. The van der Waals surface area contributed by atoms with Crippen LogP contribution in [0.2, 0.25) is 0 Å². The zero-order valence-corrected chi connectivity index (χ0v) is 18.8. The van der Waals surface area contributed by atoms with Gasteiger partial charge in [0, 0.05) is 43.1 Å². The Hall–Kier alpha value is -3.99. The third kappa shape index (κ3) is 6.33. The number of hydrogen-bond acceptors (Lipinski definition) is 6. The Morgan fingerprint density at radius 1 is 1.09 bits per heavy atom. The Kier molecular flexibility index (Phi) is 7.25. The van der Waals surface area contributed by atoms with Gasteiger partial charge in [0.1, 0.15) is 11.5 Å². The van der Waals surface area contributed by atoms with E-state index in [1.54, 1.807) is 31.5 Å². The van der Waals surface area contributed by atoms with Crippen LogP contribution in [0.3, 0.4) is 0 Å². The van der Waals surface area contributed by atoms with Crippen molar-refractivity contribution in [2.75, 3.05) is 30.9 Å². The van der Waals surface area contributed by atoms with Crippen LogP contribution in [0, 0.1) is 0 Å². The molecule has 1 amide bonds. The minimum absolute atomic E-state index is 0.413. The lowest BCUT2D eigenvalue weighted by Crippen LogP contribution is -2.16. The molecule has 0 radical (unpaired) electrons. The third-order valence-corrected chi connectivity index (χ3v) is 5.16. The van der Waals surface area contributed by atoms with Crippen molar-refractivity contribution in [2.24, 2.45) is 0 Å². The molecule has 11 heteroatoms. The van der Waals surface area contributed by atoms with Crippen LogP contribution in [0.4, 0.5) is 24.7 Å². The monoisotopic (exact) mass is 484 g/mol. The zero-order chi connectivity index (χ0) is 24.8. The first-order valence-corrected chi connectivity index (χ1v) is 10.8. The van der Waals surface area contributed by atoms with Crippen LogP contribution in [0.15, 0.2) is 60.9 Å². The van der Waals surface area contributed by atoms with Gasteiger partial charge in [0.15, 0.2) is 0 Å². The molecule has 2 N–H and O–H groups in total. The number of imidazole rings is 1. The highest BCUT2D eigenvalue weighted by molar-refractivity contribution is 5.91. The first-order valence-electron chi connectivity index (χ1n) is 10.8. The summed E-state index contributed by atoms with van der Waals surface area (Å²) < 4.78 is 44.0. The lowest BCUT2D eigenvalue weighted by Gasteiger charge is -2.09. The van der Waals surface area contributed by atoms with E-state index in [-0.39, 0.29) is 0 Å². The van der Waals surface area contributed by atoms with Crippen molar-refractivity contribution in [3.63, 3.8) is 0 Å². The normalized spacial score (nSPS) is 11.5. The van der Waals surface area contributed by atoms with Crippen LogP contribution < -0.4 is 10.6 Å². The molecule has 0 saturated heterocycles. The van der Waals surface area contributed by atoms with Gasteiger partial charge in [-0.2, -0.15) is 13.2 Å². The standard InChI is InChI=1S/C24H23F3N6O2/c1-35-12-10-28-21-6-5-19(31-32-21)16-8-11-33-20(15-29-22(33)14-16)17-3-2-4-18(13-17)30-23(34)7-9-24(25,26)27/h2-6,8,11,13-15H,7,9-10,12H2,1H3,(H,28,32)(H,30,34). The molecule has 3 heterocycles. The quantitative estimate of drug-likeness (QED) is 0.332. The van der Waals surface area contributed by atoms with E-state index in [0.29, 0.717) is 36.0 Å². The summed E-state index contributed by atoms with van der Waals surface area (Å²) in [4.78, 5) is 16.4. The summed E-state index contributed by atoms with van der Waals surface area (Å²) in [7, 11) is 1.63. The summed E-state index contributed by atoms with van der Waals surface area (Å²) in [6.45, 7) is 1.20. The number of benzene rings is 1. The maximum Gasteiger partial charge on any atom is 0.389 e. The second-order valence-electron chi connectivity index (χ2n) is 7.75. The molecule has 0 aliphatic carbocycles.